The molecule has 8 nitrogen and oxygen atoms in total. The van der Waals surface area contributed by atoms with Crippen molar-refractivity contribution in [3.63, 3.8) is 0 Å². The van der Waals surface area contributed by atoms with Gasteiger partial charge in [0.05, 0.1) is 15.6 Å². The topological polar surface area (TPSA) is 95.5 Å². The lowest BCUT2D eigenvalue weighted by Crippen LogP contribution is -2.51. The molecule has 1 aromatic heterocycles. The van der Waals surface area contributed by atoms with E-state index in [2.05, 4.69) is 29.0 Å². The first-order valence-electron chi connectivity index (χ1n) is 14.3. The van der Waals surface area contributed by atoms with Gasteiger partial charge in [0.15, 0.2) is 9.84 Å². The van der Waals surface area contributed by atoms with Gasteiger partial charge in [0.25, 0.3) is 0 Å². The second-order valence-electron chi connectivity index (χ2n) is 12.4. The Balaban J connectivity index is 0.00000277. The van der Waals surface area contributed by atoms with E-state index in [1.165, 1.54) is 0 Å². The van der Waals surface area contributed by atoms with Crippen LogP contribution in [0, 0.1) is 11.3 Å². The molecule has 9 heteroatoms. The Bertz CT molecular complexity index is 1370. The lowest BCUT2D eigenvalue weighted by atomic mass is 9.63. The molecule has 1 N–H and O–H groups in total. The Labute approximate surface area is 226 Å². The maximum atomic E-state index is 13.3. The number of nitrogens with one attached hydrogen (secondary N) is 1. The van der Waals surface area contributed by atoms with E-state index < -0.39 is 15.3 Å². The molecule has 4 fully saturated rings. The summed E-state index contributed by atoms with van der Waals surface area (Å²) in [5, 5.41) is 2.96. The third kappa shape index (κ3) is 3.79. The third-order valence-electron chi connectivity index (χ3n) is 10.2. The predicted molar refractivity (Wildman–Crippen MR) is 148 cm³/mol. The van der Waals surface area contributed by atoms with Crippen molar-refractivity contribution >= 4 is 33.2 Å². The van der Waals surface area contributed by atoms with E-state index in [-0.39, 0.29) is 24.0 Å². The summed E-state index contributed by atoms with van der Waals surface area (Å²) >= 11 is 0. The molecule has 5 aliphatic rings. The molecule has 2 aliphatic heterocycles. The van der Waals surface area contributed by atoms with Gasteiger partial charge < -0.3 is 10.2 Å². The minimum absolute atomic E-state index is 0. The summed E-state index contributed by atoms with van der Waals surface area (Å²) in [6.45, 7) is 7.57. The fraction of sp³-hybridized carbons (Fsp3) is 0.621. The van der Waals surface area contributed by atoms with Gasteiger partial charge in [-0.15, -0.1) is 0 Å². The molecule has 1 atom stereocenters. The van der Waals surface area contributed by atoms with Crippen LogP contribution in [-0.2, 0) is 20.0 Å². The van der Waals surface area contributed by atoms with Crippen LogP contribution in [0.3, 0.4) is 0 Å². The van der Waals surface area contributed by atoms with Crippen LogP contribution < -0.4 is 10.2 Å². The number of hydrogen-bond donors (Lipinski definition) is 1. The van der Waals surface area contributed by atoms with Crippen LogP contribution in [0.25, 0.3) is 0 Å². The van der Waals surface area contributed by atoms with Crippen molar-refractivity contribution in [3.05, 3.63) is 36.0 Å². The third-order valence-corrected chi connectivity index (χ3v) is 12.3. The molecule has 204 valence electrons. The summed E-state index contributed by atoms with van der Waals surface area (Å²) < 4.78 is 26.6. The number of amides is 1. The van der Waals surface area contributed by atoms with Crippen molar-refractivity contribution in [2.75, 3.05) is 29.9 Å². The van der Waals surface area contributed by atoms with Crippen molar-refractivity contribution in [2.45, 2.75) is 86.8 Å². The first-order chi connectivity index (χ1) is 18.2. The molecule has 0 radical (unpaired) electrons. The highest BCUT2D eigenvalue weighted by Gasteiger charge is 2.62. The Morgan fingerprint density at radius 3 is 2.39 bits per heavy atom. The summed E-state index contributed by atoms with van der Waals surface area (Å²) in [5.74, 6) is 1.90. The van der Waals surface area contributed by atoms with Crippen LogP contribution in [0.2, 0.25) is 0 Å². The highest BCUT2D eigenvalue weighted by atomic mass is 32.2. The van der Waals surface area contributed by atoms with Crippen molar-refractivity contribution in [3.8, 4) is 0 Å². The number of piperidine rings is 1. The second-order valence-corrected chi connectivity index (χ2v) is 14.7. The zero-order valence-electron chi connectivity index (χ0n) is 22.3. The van der Waals surface area contributed by atoms with Gasteiger partial charge in [0, 0.05) is 24.9 Å². The highest BCUT2D eigenvalue weighted by molar-refractivity contribution is 7.92. The molecular weight excluding hydrogens is 498 g/mol. The quantitative estimate of drug-likeness (QED) is 0.548. The number of aromatic nitrogens is 2. The Kier molecular flexibility index (Phi) is 5.48. The summed E-state index contributed by atoms with van der Waals surface area (Å²) in [6.07, 6.45) is 9.68. The van der Waals surface area contributed by atoms with Gasteiger partial charge in [-0.2, -0.15) is 4.98 Å². The average molecular weight is 538 g/mol. The van der Waals surface area contributed by atoms with Crippen molar-refractivity contribution in [1.82, 2.24) is 14.9 Å². The summed E-state index contributed by atoms with van der Waals surface area (Å²) in [5.41, 5.74) is 1.51. The van der Waals surface area contributed by atoms with Gasteiger partial charge in [-0.25, -0.2) is 13.4 Å². The summed E-state index contributed by atoms with van der Waals surface area (Å²) in [7, 11) is -3.34. The smallest absolute Gasteiger partial charge is 0.239 e. The number of nitrogens with zero attached hydrogens (tertiary/aromatic N) is 4. The molecule has 1 amide bonds. The zero-order valence-corrected chi connectivity index (χ0v) is 23.1. The molecular formula is C29H39N5O3S. The van der Waals surface area contributed by atoms with Gasteiger partial charge in [0.2, 0.25) is 11.9 Å². The molecule has 3 aliphatic carbocycles. The van der Waals surface area contributed by atoms with Crippen LogP contribution in [0.1, 0.15) is 72.2 Å². The Morgan fingerprint density at radius 1 is 1.11 bits per heavy atom. The maximum absolute atomic E-state index is 13.3. The molecule has 2 spiro atoms. The average Bonchev–Trinajstić information content (AvgIpc) is 3.82. The molecule has 1 aromatic carbocycles. The standard InChI is InChI=1S/C29H37N5O3S.H2/c1-3-33-14-12-28(13-15-33)16-23(17-28)38(36,37)22-8-6-21(7-9-22)31-27-30-18-24-25(32-27)34(19(2)20-4-5-20)26(35)29(24)10-11-29;/h6-9,18-20,23H,3-5,10-17H2,1-2H3,(H,30,31,32);1H. The fourth-order valence-corrected chi connectivity index (χ4v) is 9.14. The number of rotatable bonds is 7. The molecule has 3 heterocycles. The molecule has 1 saturated heterocycles. The number of hydrogen-bond acceptors (Lipinski definition) is 7. The van der Waals surface area contributed by atoms with Gasteiger partial charge >= 0.3 is 0 Å². The molecule has 38 heavy (non-hydrogen) atoms. The second kappa shape index (κ2) is 8.49. The largest absolute Gasteiger partial charge is 0.324 e. The van der Waals surface area contributed by atoms with Crippen molar-refractivity contribution in [2.24, 2.45) is 11.3 Å². The fourth-order valence-electron chi connectivity index (χ4n) is 7.10. The number of anilines is 3. The zero-order chi connectivity index (χ0) is 26.3. The van der Waals surface area contributed by atoms with Gasteiger partial charge in [0.1, 0.15) is 5.82 Å². The minimum atomic E-state index is -3.34. The van der Waals surface area contributed by atoms with Crippen LogP contribution >= 0.6 is 0 Å². The number of fused-ring (bicyclic) bond motifs is 2. The van der Waals surface area contributed by atoms with E-state index in [9.17, 15) is 13.2 Å². The monoisotopic (exact) mass is 537 g/mol. The summed E-state index contributed by atoms with van der Waals surface area (Å²) in [6, 6.07) is 7.11. The summed E-state index contributed by atoms with van der Waals surface area (Å²) in [4.78, 5) is 27.4. The maximum Gasteiger partial charge on any atom is 0.239 e. The molecule has 3 saturated carbocycles. The molecule has 0 bridgehead atoms. The number of benzene rings is 1. The van der Waals surface area contributed by atoms with E-state index in [1.807, 2.05) is 11.1 Å². The van der Waals surface area contributed by atoms with E-state index in [0.717, 1.165) is 88.1 Å². The number of sulfone groups is 1. The van der Waals surface area contributed by atoms with E-state index in [4.69, 9.17) is 4.98 Å². The normalized spacial score (nSPS) is 24.9. The van der Waals surface area contributed by atoms with Crippen LogP contribution in [0.4, 0.5) is 17.5 Å². The van der Waals surface area contributed by atoms with E-state index in [0.29, 0.717) is 16.8 Å². The highest BCUT2D eigenvalue weighted by Crippen LogP contribution is 2.58. The van der Waals surface area contributed by atoms with Crippen LogP contribution in [-0.4, -0.2) is 60.1 Å². The SMILES string of the molecule is CCN1CCC2(CC1)CC(S(=O)(=O)c1ccc(Nc3ncc4c(n3)N(C(C)C3CC3)C(=O)C43CC3)cc1)C2.[HH]. The first-order valence-corrected chi connectivity index (χ1v) is 15.8. The van der Waals surface area contributed by atoms with E-state index >= 15 is 0 Å². The van der Waals surface area contributed by atoms with Crippen molar-refractivity contribution < 1.29 is 14.6 Å². The van der Waals surface area contributed by atoms with Crippen LogP contribution in [0.15, 0.2) is 35.4 Å². The lowest BCUT2D eigenvalue weighted by molar-refractivity contribution is -0.120. The van der Waals surface area contributed by atoms with Gasteiger partial charge in [-0.1, -0.05) is 6.92 Å². The first kappa shape index (κ1) is 24.5. The predicted octanol–water partition coefficient (Wildman–Crippen LogP) is 4.68. The van der Waals surface area contributed by atoms with Crippen molar-refractivity contribution in [1.29, 1.82) is 0 Å². The number of carbonyl (C=O) groups excluding carboxylic acids is 1. The molecule has 1 unspecified atom stereocenters. The Hall–Kier alpha value is -2.52. The lowest BCUT2D eigenvalue weighted by Gasteiger charge is -2.51. The van der Waals surface area contributed by atoms with Crippen LogP contribution in [0.5, 0.6) is 0 Å². The van der Waals surface area contributed by atoms with Gasteiger partial charge in [-0.3, -0.25) is 9.69 Å². The minimum Gasteiger partial charge on any atom is -0.324 e. The van der Waals surface area contributed by atoms with E-state index in [1.54, 1.807) is 24.3 Å². The van der Waals surface area contributed by atoms with Gasteiger partial charge in [-0.05, 0) is 114 Å². The molecule has 2 aromatic rings. The number of likely N-dealkylation sites (tertiary alicyclic amines) is 1. The Morgan fingerprint density at radius 2 is 1.79 bits per heavy atom. The molecule has 7 rings (SSSR count). The number of carbonyl (C=O) groups is 1.